The zero-order chi connectivity index (χ0) is 19.7. The van der Waals surface area contributed by atoms with Crippen LogP contribution >= 0.6 is 0 Å². The van der Waals surface area contributed by atoms with Gasteiger partial charge < -0.3 is 5.32 Å². The highest BCUT2D eigenvalue weighted by atomic mass is 32.2. The van der Waals surface area contributed by atoms with Gasteiger partial charge in [-0.15, -0.1) is 0 Å². The van der Waals surface area contributed by atoms with E-state index in [-0.39, 0.29) is 24.4 Å². The van der Waals surface area contributed by atoms with E-state index < -0.39 is 28.1 Å². The summed E-state index contributed by atoms with van der Waals surface area (Å²) in [4.78, 5) is 11.1. The molecule has 9 heteroatoms. The molecule has 2 aromatic carbocycles. The lowest BCUT2D eigenvalue weighted by molar-refractivity contribution is -0.174. The number of rotatable bonds is 4. The Hall–Kier alpha value is -2.39. The van der Waals surface area contributed by atoms with Gasteiger partial charge in [-0.05, 0) is 29.7 Å². The van der Waals surface area contributed by atoms with Crippen LogP contribution in [0.1, 0.15) is 6.42 Å². The minimum Gasteiger partial charge on any atom is -0.344 e. The fourth-order valence-corrected chi connectivity index (χ4v) is 4.43. The molecule has 0 spiro atoms. The van der Waals surface area contributed by atoms with E-state index in [0.29, 0.717) is 0 Å². The second-order valence-corrected chi connectivity index (χ2v) is 8.15. The van der Waals surface area contributed by atoms with Crippen LogP contribution < -0.4 is 5.32 Å². The molecule has 0 radical (unpaired) electrons. The minimum atomic E-state index is -4.99. The minimum absolute atomic E-state index is 0.0472. The number of nitrogens with one attached hydrogen (secondary N) is 1. The molecule has 5 nitrogen and oxygen atoms in total. The van der Waals surface area contributed by atoms with Crippen LogP contribution in [-0.4, -0.2) is 43.9 Å². The number of alkyl halides is 3. The SMILES string of the molecule is O=C(NC1CCN(S(=O)(=O)c2ccc(-c3ccccc3)cc2)C1)C(F)(F)F. The smallest absolute Gasteiger partial charge is 0.344 e. The molecule has 0 aromatic heterocycles. The first-order valence-electron chi connectivity index (χ1n) is 8.21. The molecular formula is C18H17F3N2O3S. The van der Waals surface area contributed by atoms with Gasteiger partial charge in [-0.25, -0.2) is 8.42 Å². The van der Waals surface area contributed by atoms with E-state index in [0.717, 1.165) is 15.4 Å². The molecule has 2 aromatic rings. The van der Waals surface area contributed by atoms with Crippen LogP contribution in [0.3, 0.4) is 0 Å². The monoisotopic (exact) mass is 398 g/mol. The second-order valence-electron chi connectivity index (χ2n) is 6.21. The predicted molar refractivity (Wildman–Crippen MR) is 93.2 cm³/mol. The summed E-state index contributed by atoms with van der Waals surface area (Å²) in [6.45, 7) is -0.143. The highest BCUT2D eigenvalue weighted by Crippen LogP contribution is 2.25. The Morgan fingerprint density at radius 2 is 1.59 bits per heavy atom. The van der Waals surface area contributed by atoms with Gasteiger partial charge in [-0.1, -0.05) is 42.5 Å². The Morgan fingerprint density at radius 3 is 2.19 bits per heavy atom. The number of carbonyl (C=O) groups is 1. The maximum atomic E-state index is 12.7. The third kappa shape index (κ3) is 4.30. The van der Waals surface area contributed by atoms with Crippen molar-refractivity contribution < 1.29 is 26.4 Å². The Bertz CT molecular complexity index is 913. The van der Waals surface area contributed by atoms with Gasteiger partial charge in [0.1, 0.15) is 0 Å². The molecule has 1 aliphatic rings. The van der Waals surface area contributed by atoms with Crippen molar-refractivity contribution in [3.63, 3.8) is 0 Å². The molecule has 1 N–H and O–H groups in total. The van der Waals surface area contributed by atoms with E-state index in [1.165, 1.54) is 12.1 Å². The van der Waals surface area contributed by atoms with E-state index in [1.54, 1.807) is 12.1 Å². The molecule has 0 bridgehead atoms. The van der Waals surface area contributed by atoms with Crippen molar-refractivity contribution >= 4 is 15.9 Å². The average molecular weight is 398 g/mol. The number of amides is 1. The van der Waals surface area contributed by atoms with Crippen LogP contribution in [0.15, 0.2) is 59.5 Å². The summed E-state index contributed by atoms with van der Waals surface area (Å²) in [6.07, 6.45) is -4.86. The van der Waals surface area contributed by atoms with E-state index >= 15 is 0 Å². The molecule has 144 valence electrons. The largest absolute Gasteiger partial charge is 0.471 e. The van der Waals surface area contributed by atoms with Gasteiger partial charge in [0.05, 0.1) is 4.90 Å². The fraction of sp³-hybridized carbons (Fsp3) is 0.278. The van der Waals surface area contributed by atoms with Crippen molar-refractivity contribution in [2.45, 2.75) is 23.5 Å². The Balaban J connectivity index is 1.71. The first-order chi connectivity index (χ1) is 12.7. The van der Waals surface area contributed by atoms with Crippen LogP contribution in [0.2, 0.25) is 0 Å². The summed E-state index contributed by atoms with van der Waals surface area (Å²) in [5.74, 6) is -2.06. The quantitative estimate of drug-likeness (QED) is 0.861. The molecule has 1 heterocycles. The average Bonchev–Trinajstić information content (AvgIpc) is 3.11. The molecule has 3 rings (SSSR count). The van der Waals surface area contributed by atoms with Crippen LogP contribution in [0.5, 0.6) is 0 Å². The summed E-state index contributed by atoms with van der Waals surface area (Å²) < 4.78 is 63.5. The van der Waals surface area contributed by atoms with Gasteiger partial charge in [-0.2, -0.15) is 17.5 Å². The first kappa shape index (κ1) is 19.4. The number of halogens is 3. The maximum absolute atomic E-state index is 12.7. The number of sulfonamides is 1. The highest BCUT2D eigenvalue weighted by Gasteiger charge is 2.41. The van der Waals surface area contributed by atoms with Crippen molar-refractivity contribution in [1.29, 1.82) is 0 Å². The van der Waals surface area contributed by atoms with E-state index in [9.17, 15) is 26.4 Å². The zero-order valence-corrected chi connectivity index (χ0v) is 14.9. The standard InChI is InChI=1S/C18H17F3N2O3S/c19-18(20,21)17(24)22-15-10-11-23(12-15)27(25,26)16-8-6-14(7-9-16)13-4-2-1-3-5-13/h1-9,15H,10-12H2,(H,22,24). The van der Waals surface area contributed by atoms with E-state index in [4.69, 9.17) is 0 Å². The molecule has 1 fully saturated rings. The lowest BCUT2D eigenvalue weighted by atomic mass is 10.1. The topological polar surface area (TPSA) is 66.5 Å². The molecule has 1 saturated heterocycles. The predicted octanol–water partition coefficient (Wildman–Crippen LogP) is 2.80. The van der Waals surface area contributed by atoms with Crippen LogP contribution in [0, 0.1) is 0 Å². The molecule has 1 unspecified atom stereocenters. The van der Waals surface area contributed by atoms with Gasteiger partial charge in [0, 0.05) is 19.1 Å². The Labute approximate surface area is 154 Å². The molecule has 0 saturated carbocycles. The van der Waals surface area contributed by atoms with E-state index in [1.807, 2.05) is 35.6 Å². The van der Waals surface area contributed by atoms with E-state index in [2.05, 4.69) is 0 Å². The summed E-state index contributed by atoms with van der Waals surface area (Å²) in [7, 11) is -3.84. The van der Waals surface area contributed by atoms with Gasteiger partial charge in [0.2, 0.25) is 10.0 Å². The molecule has 1 amide bonds. The van der Waals surface area contributed by atoms with Crippen molar-refractivity contribution in [2.75, 3.05) is 13.1 Å². The number of benzene rings is 2. The van der Waals surface area contributed by atoms with Crippen molar-refractivity contribution in [1.82, 2.24) is 9.62 Å². The Kier molecular flexibility index (Phi) is 5.25. The van der Waals surface area contributed by atoms with Gasteiger partial charge >= 0.3 is 12.1 Å². The third-order valence-corrected chi connectivity index (χ3v) is 6.22. The lowest BCUT2D eigenvalue weighted by Crippen LogP contribution is -2.44. The normalized spacial score (nSPS) is 18.4. The molecule has 0 aliphatic carbocycles. The summed E-state index contributed by atoms with van der Waals surface area (Å²) in [5, 5.41) is 1.83. The number of carbonyl (C=O) groups excluding carboxylic acids is 1. The van der Waals surface area contributed by atoms with Crippen molar-refractivity contribution in [3.05, 3.63) is 54.6 Å². The zero-order valence-electron chi connectivity index (χ0n) is 14.1. The van der Waals surface area contributed by atoms with Crippen molar-refractivity contribution in [3.8, 4) is 11.1 Å². The first-order valence-corrected chi connectivity index (χ1v) is 9.65. The summed E-state index contributed by atoms with van der Waals surface area (Å²) in [5.41, 5.74) is 1.80. The number of nitrogens with zero attached hydrogens (tertiary/aromatic N) is 1. The summed E-state index contributed by atoms with van der Waals surface area (Å²) >= 11 is 0. The van der Waals surface area contributed by atoms with Crippen LogP contribution in [0.25, 0.3) is 11.1 Å². The Morgan fingerprint density at radius 1 is 1.00 bits per heavy atom. The fourth-order valence-electron chi connectivity index (χ4n) is 2.93. The van der Waals surface area contributed by atoms with Crippen LogP contribution in [0.4, 0.5) is 13.2 Å². The molecular weight excluding hydrogens is 381 g/mol. The third-order valence-electron chi connectivity index (χ3n) is 4.34. The maximum Gasteiger partial charge on any atom is 0.471 e. The van der Waals surface area contributed by atoms with Gasteiger partial charge in [0.25, 0.3) is 0 Å². The van der Waals surface area contributed by atoms with Gasteiger partial charge in [0.15, 0.2) is 0 Å². The summed E-state index contributed by atoms with van der Waals surface area (Å²) in [6, 6.07) is 14.9. The molecule has 1 aliphatic heterocycles. The van der Waals surface area contributed by atoms with Gasteiger partial charge in [-0.3, -0.25) is 4.79 Å². The van der Waals surface area contributed by atoms with Crippen molar-refractivity contribution in [2.24, 2.45) is 0 Å². The van der Waals surface area contributed by atoms with Crippen LogP contribution in [-0.2, 0) is 14.8 Å². The number of hydrogen-bond acceptors (Lipinski definition) is 3. The molecule has 1 atom stereocenters. The second kappa shape index (κ2) is 7.32. The lowest BCUT2D eigenvalue weighted by Gasteiger charge is -2.18. The molecule has 27 heavy (non-hydrogen) atoms. The highest BCUT2D eigenvalue weighted by molar-refractivity contribution is 7.89. The number of hydrogen-bond donors (Lipinski definition) is 1.